The SMILES string of the molecule is CCCCCC(CCC)CC(I)(CCCC(=O)O)C(=O)O. The van der Waals surface area contributed by atoms with Crippen molar-refractivity contribution in [2.45, 2.75) is 81.5 Å². The van der Waals surface area contributed by atoms with Gasteiger partial charge in [0, 0.05) is 6.42 Å². The Balaban J connectivity index is 4.58. The summed E-state index contributed by atoms with van der Waals surface area (Å²) in [5, 5.41) is 18.2. The quantitative estimate of drug-likeness (QED) is 0.257. The Bertz CT molecular complexity index is 319. The fraction of sp³-hybridized carbons (Fsp3) is 0.875. The van der Waals surface area contributed by atoms with Gasteiger partial charge in [-0.2, -0.15) is 0 Å². The molecule has 0 aromatic carbocycles. The van der Waals surface area contributed by atoms with E-state index in [4.69, 9.17) is 5.11 Å². The number of carboxylic acids is 2. The molecule has 0 bridgehead atoms. The average Bonchev–Trinajstić information content (AvgIpc) is 2.38. The molecule has 21 heavy (non-hydrogen) atoms. The maximum absolute atomic E-state index is 11.6. The Labute approximate surface area is 141 Å². The van der Waals surface area contributed by atoms with Crippen LogP contribution in [0.3, 0.4) is 0 Å². The number of hydrogen-bond donors (Lipinski definition) is 2. The first kappa shape index (κ1) is 20.7. The van der Waals surface area contributed by atoms with Crippen LogP contribution >= 0.6 is 22.6 Å². The van der Waals surface area contributed by atoms with Crippen LogP contribution in [-0.2, 0) is 9.59 Å². The van der Waals surface area contributed by atoms with Gasteiger partial charge in [-0.1, -0.05) is 75.0 Å². The van der Waals surface area contributed by atoms with E-state index in [0.29, 0.717) is 25.2 Å². The third-order valence-corrected chi connectivity index (χ3v) is 5.31. The van der Waals surface area contributed by atoms with Crippen LogP contribution in [0.5, 0.6) is 0 Å². The normalized spacial score (nSPS) is 15.4. The fourth-order valence-electron chi connectivity index (χ4n) is 2.71. The standard InChI is InChI=1S/C16H29IO4/c1-3-5-6-9-13(8-4-2)12-16(17,15(20)21)11-7-10-14(18)19/h13H,3-12H2,1-2H3,(H,18,19)(H,20,21). The average molecular weight is 412 g/mol. The van der Waals surface area contributed by atoms with Crippen molar-refractivity contribution in [3.8, 4) is 0 Å². The Morgan fingerprint density at radius 2 is 1.71 bits per heavy atom. The number of carbonyl (C=O) groups is 2. The van der Waals surface area contributed by atoms with Crippen molar-refractivity contribution in [3.05, 3.63) is 0 Å². The smallest absolute Gasteiger partial charge is 0.319 e. The molecule has 2 unspecified atom stereocenters. The Morgan fingerprint density at radius 1 is 1.05 bits per heavy atom. The highest BCUT2D eigenvalue weighted by Crippen LogP contribution is 2.36. The van der Waals surface area contributed by atoms with Gasteiger partial charge in [0.05, 0.1) is 0 Å². The number of aliphatic carboxylic acids is 2. The number of halogens is 1. The lowest BCUT2D eigenvalue weighted by atomic mass is 9.85. The topological polar surface area (TPSA) is 74.6 Å². The third-order valence-electron chi connectivity index (χ3n) is 3.87. The molecule has 0 aromatic heterocycles. The first-order valence-electron chi connectivity index (χ1n) is 7.99. The van der Waals surface area contributed by atoms with Gasteiger partial charge < -0.3 is 10.2 Å². The third kappa shape index (κ3) is 9.32. The highest BCUT2D eigenvalue weighted by Gasteiger charge is 2.37. The van der Waals surface area contributed by atoms with E-state index in [1.54, 1.807) is 0 Å². The molecule has 0 radical (unpaired) electrons. The highest BCUT2D eigenvalue weighted by atomic mass is 127. The lowest BCUT2D eigenvalue weighted by Crippen LogP contribution is -2.34. The summed E-state index contributed by atoms with van der Waals surface area (Å²) in [7, 11) is 0. The molecule has 124 valence electrons. The molecule has 0 aliphatic heterocycles. The van der Waals surface area contributed by atoms with Gasteiger partial charge in [-0.05, 0) is 25.2 Å². The van der Waals surface area contributed by atoms with Crippen LogP contribution in [0, 0.1) is 5.92 Å². The zero-order valence-corrected chi connectivity index (χ0v) is 15.4. The maximum Gasteiger partial charge on any atom is 0.319 e. The van der Waals surface area contributed by atoms with Crippen molar-refractivity contribution < 1.29 is 19.8 Å². The Morgan fingerprint density at radius 3 is 2.19 bits per heavy atom. The van der Waals surface area contributed by atoms with Gasteiger partial charge in [-0.3, -0.25) is 9.59 Å². The molecule has 0 aromatic rings. The van der Waals surface area contributed by atoms with E-state index < -0.39 is 15.4 Å². The van der Waals surface area contributed by atoms with Crippen LogP contribution in [0.25, 0.3) is 0 Å². The Hall–Kier alpha value is -0.330. The van der Waals surface area contributed by atoms with Gasteiger partial charge in [0.2, 0.25) is 0 Å². The first-order chi connectivity index (χ1) is 9.85. The minimum absolute atomic E-state index is 0.0479. The summed E-state index contributed by atoms with van der Waals surface area (Å²) in [6.45, 7) is 4.30. The number of unbranched alkanes of at least 4 members (excludes halogenated alkanes) is 2. The van der Waals surface area contributed by atoms with Crippen molar-refractivity contribution in [1.29, 1.82) is 0 Å². The van der Waals surface area contributed by atoms with E-state index >= 15 is 0 Å². The number of carboxylic acid groups (broad SMARTS) is 2. The predicted octanol–water partition coefficient (Wildman–Crippen LogP) is 4.89. The molecule has 0 fully saturated rings. The molecule has 0 amide bonds. The van der Waals surface area contributed by atoms with Gasteiger partial charge in [0.15, 0.2) is 0 Å². The second-order valence-corrected chi connectivity index (χ2v) is 7.94. The summed E-state index contributed by atoms with van der Waals surface area (Å²) in [5.41, 5.74) is 0. The molecule has 0 spiro atoms. The minimum atomic E-state index is -0.854. The molecule has 0 rings (SSSR count). The van der Waals surface area contributed by atoms with Crippen molar-refractivity contribution in [2.75, 3.05) is 0 Å². The van der Waals surface area contributed by atoms with E-state index in [1.807, 2.05) is 22.6 Å². The molecular weight excluding hydrogens is 383 g/mol. The monoisotopic (exact) mass is 412 g/mol. The molecule has 4 nitrogen and oxygen atoms in total. The van der Waals surface area contributed by atoms with Gasteiger partial charge in [0.25, 0.3) is 0 Å². The first-order valence-corrected chi connectivity index (χ1v) is 9.07. The van der Waals surface area contributed by atoms with Crippen LogP contribution in [0.1, 0.15) is 78.1 Å². The zero-order chi connectivity index (χ0) is 16.3. The predicted molar refractivity (Wildman–Crippen MR) is 93.0 cm³/mol. The lowest BCUT2D eigenvalue weighted by Gasteiger charge is -2.28. The van der Waals surface area contributed by atoms with Gasteiger partial charge in [0.1, 0.15) is 3.42 Å². The summed E-state index contributed by atoms with van der Waals surface area (Å²) >= 11 is 2.03. The van der Waals surface area contributed by atoms with Crippen LogP contribution in [0.4, 0.5) is 0 Å². The molecule has 2 atom stereocenters. The molecule has 0 aliphatic carbocycles. The fourth-order valence-corrected chi connectivity index (χ4v) is 3.72. The Kier molecular flexibility index (Phi) is 11.1. The van der Waals surface area contributed by atoms with Crippen LogP contribution < -0.4 is 0 Å². The van der Waals surface area contributed by atoms with Crippen molar-refractivity contribution >= 4 is 34.5 Å². The number of rotatable bonds is 13. The lowest BCUT2D eigenvalue weighted by molar-refractivity contribution is -0.141. The summed E-state index contributed by atoms with van der Waals surface area (Å²) in [4.78, 5) is 22.2. The number of hydrogen-bond acceptors (Lipinski definition) is 2. The van der Waals surface area contributed by atoms with Gasteiger partial charge in [-0.15, -0.1) is 0 Å². The maximum atomic E-state index is 11.6. The number of alkyl halides is 1. The van der Waals surface area contributed by atoms with E-state index in [1.165, 1.54) is 12.8 Å². The molecule has 0 saturated carbocycles. The van der Waals surface area contributed by atoms with Gasteiger partial charge >= 0.3 is 11.9 Å². The zero-order valence-electron chi connectivity index (χ0n) is 13.2. The summed E-state index contributed by atoms with van der Waals surface area (Å²) < 4.78 is -0.820. The van der Waals surface area contributed by atoms with Crippen molar-refractivity contribution in [1.82, 2.24) is 0 Å². The van der Waals surface area contributed by atoms with E-state index in [-0.39, 0.29) is 6.42 Å². The molecule has 0 saturated heterocycles. The highest BCUT2D eigenvalue weighted by molar-refractivity contribution is 14.1. The largest absolute Gasteiger partial charge is 0.481 e. The molecule has 0 heterocycles. The van der Waals surface area contributed by atoms with Gasteiger partial charge in [-0.25, -0.2) is 0 Å². The second kappa shape index (κ2) is 11.3. The summed E-state index contributed by atoms with van der Waals surface area (Å²) in [5.74, 6) is -1.23. The molecule has 0 aliphatic rings. The minimum Gasteiger partial charge on any atom is -0.481 e. The molecular formula is C16H29IO4. The van der Waals surface area contributed by atoms with Crippen LogP contribution in [0.2, 0.25) is 0 Å². The van der Waals surface area contributed by atoms with Crippen molar-refractivity contribution in [2.24, 2.45) is 5.92 Å². The summed E-state index contributed by atoms with van der Waals surface area (Å²) in [6.07, 6.45) is 8.29. The van der Waals surface area contributed by atoms with E-state index in [9.17, 15) is 14.7 Å². The second-order valence-electron chi connectivity index (χ2n) is 5.87. The summed E-state index contributed by atoms with van der Waals surface area (Å²) in [6, 6.07) is 0. The van der Waals surface area contributed by atoms with E-state index in [2.05, 4.69) is 13.8 Å². The molecule has 5 heteroatoms. The van der Waals surface area contributed by atoms with Crippen LogP contribution in [-0.4, -0.2) is 25.6 Å². The van der Waals surface area contributed by atoms with Crippen LogP contribution in [0.15, 0.2) is 0 Å². The molecule has 2 N–H and O–H groups in total. The van der Waals surface area contributed by atoms with E-state index in [0.717, 1.165) is 25.7 Å². The van der Waals surface area contributed by atoms with Crippen molar-refractivity contribution in [3.63, 3.8) is 0 Å².